The average Bonchev–Trinajstić information content (AvgIpc) is 3.52. The summed E-state index contributed by atoms with van der Waals surface area (Å²) in [5.74, 6) is 0.994. The summed E-state index contributed by atoms with van der Waals surface area (Å²) in [5.41, 5.74) is 6.98. The molecule has 1 aliphatic carbocycles. The number of carbonyl (C=O) groups excluding carboxylic acids is 1. The topological polar surface area (TPSA) is 79.5 Å². The number of nitrogens with zero attached hydrogens (tertiary/aromatic N) is 2. The Bertz CT molecular complexity index is 1570. The van der Waals surface area contributed by atoms with E-state index in [1.165, 1.54) is 5.56 Å². The molecule has 3 heterocycles. The van der Waals surface area contributed by atoms with E-state index >= 15 is 0 Å². The van der Waals surface area contributed by atoms with Crippen molar-refractivity contribution in [1.29, 1.82) is 0 Å². The molecular formula is C32H32N4O3. The third-order valence-electron chi connectivity index (χ3n) is 8.57. The summed E-state index contributed by atoms with van der Waals surface area (Å²) >= 11 is 0. The molecule has 0 radical (unpaired) electrons. The van der Waals surface area contributed by atoms with Crippen molar-refractivity contribution < 1.29 is 14.3 Å². The molecule has 7 nitrogen and oxygen atoms in total. The SMILES string of the molecule is COc1ccc2c(c1)C1(CC1c1ccc3c(C=Cc4ccc(CCN5CCOCC5)cc4)n[nH]c3c1)C(=O)N2. The van der Waals surface area contributed by atoms with E-state index in [-0.39, 0.29) is 11.8 Å². The van der Waals surface area contributed by atoms with E-state index in [1.54, 1.807) is 7.11 Å². The fourth-order valence-electron chi connectivity index (χ4n) is 6.18. The second-order valence-electron chi connectivity index (χ2n) is 10.8. The number of hydrogen-bond acceptors (Lipinski definition) is 5. The molecule has 3 aliphatic rings. The summed E-state index contributed by atoms with van der Waals surface area (Å²) in [5, 5.41) is 11.9. The van der Waals surface area contributed by atoms with Gasteiger partial charge in [0, 0.05) is 36.6 Å². The molecule has 0 bridgehead atoms. The number of amides is 1. The number of H-pyrrole nitrogens is 1. The van der Waals surface area contributed by atoms with E-state index in [2.05, 4.69) is 75.0 Å². The molecule has 4 aromatic rings. The number of ether oxygens (including phenoxy) is 2. The second kappa shape index (κ2) is 9.67. The molecule has 2 unspecified atom stereocenters. The molecule has 3 aromatic carbocycles. The van der Waals surface area contributed by atoms with Gasteiger partial charge >= 0.3 is 0 Å². The van der Waals surface area contributed by atoms with Crippen molar-refractivity contribution >= 4 is 34.6 Å². The lowest BCUT2D eigenvalue weighted by molar-refractivity contribution is -0.118. The van der Waals surface area contributed by atoms with E-state index in [4.69, 9.17) is 9.47 Å². The fraction of sp³-hybridized carbons (Fsp3) is 0.312. The lowest BCUT2D eigenvalue weighted by Crippen LogP contribution is -2.37. The summed E-state index contributed by atoms with van der Waals surface area (Å²) in [6, 6.07) is 21.0. The molecule has 7 rings (SSSR count). The molecule has 2 aliphatic heterocycles. The van der Waals surface area contributed by atoms with E-state index in [0.29, 0.717) is 0 Å². The van der Waals surface area contributed by atoms with E-state index in [0.717, 1.165) is 90.4 Å². The number of nitrogens with one attached hydrogen (secondary N) is 2. The van der Waals surface area contributed by atoms with Crippen LogP contribution >= 0.6 is 0 Å². The number of anilines is 1. The molecule has 2 N–H and O–H groups in total. The maximum Gasteiger partial charge on any atom is 0.235 e. The summed E-state index contributed by atoms with van der Waals surface area (Å²) in [6.07, 6.45) is 6.03. The van der Waals surface area contributed by atoms with Crippen LogP contribution in [0, 0.1) is 0 Å². The van der Waals surface area contributed by atoms with Gasteiger partial charge in [-0.25, -0.2) is 0 Å². The number of benzene rings is 3. The average molecular weight is 521 g/mol. The van der Waals surface area contributed by atoms with Crippen molar-refractivity contribution in [2.24, 2.45) is 0 Å². The maximum atomic E-state index is 13.0. The Labute approximate surface area is 227 Å². The van der Waals surface area contributed by atoms with Gasteiger partial charge in [0.1, 0.15) is 5.75 Å². The quantitative estimate of drug-likeness (QED) is 0.359. The van der Waals surface area contributed by atoms with Gasteiger partial charge in [-0.1, -0.05) is 42.5 Å². The van der Waals surface area contributed by atoms with Gasteiger partial charge in [0.05, 0.1) is 36.9 Å². The van der Waals surface area contributed by atoms with Crippen LogP contribution in [0.5, 0.6) is 5.75 Å². The van der Waals surface area contributed by atoms with E-state index in [1.807, 2.05) is 18.2 Å². The molecule has 7 heteroatoms. The fourth-order valence-corrected chi connectivity index (χ4v) is 6.18. The largest absolute Gasteiger partial charge is 0.497 e. The van der Waals surface area contributed by atoms with Gasteiger partial charge in [0.2, 0.25) is 5.91 Å². The van der Waals surface area contributed by atoms with E-state index in [9.17, 15) is 4.79 Å². The Balaban J connectivity index is 1.05. The number of morpholine rings is 1. The van der Waals surface area contributed by atoms with Crippen LogP contribution in [0.25, 0.3) is 23.1 Å². The van der Waals surface area contributed by atoms with Crippen LogP contribution in [-0.4, -0.2) is 61.0 Å². The van der Waals surface area contributed by atoms with Gasteiger partial charge in [-0.2, -0.15) is 5.10 Å². The first-order chi connectivity index (χ1) is 19.1. The van der Waals surface area contributed by atoms with Crippen LogP contribution < -0.4 is 10.1 Å². The molecular weight excluding hydrogens is 488 g/mol. The Morgan fingerprint density at radius 1 is 1.08 bits per heavy atom. The number of rotatable bonds is 7. The van der Waals surface area contributed by atoms with Crippen molar-refractivity contribution in [1.82, 2.24) is 15.1 Å². The van der Waals surface area contributed by atoms with Gasteiger partial charge < -0.3 is 14.8 Å². The zero-order chi connectivity index (χ0) is 26.4. The highest BCUT2D eigenvalue weighted by molar-refractivity contribution is 6.10. The summed E-state index contributed by atoms with van der Waals surface area (Å²) in [4.78, 5) is 15.5. The zero-order valence-corrected chi connectivity index (χ0v) is 22.1. The van der Waals surface area contributed by atoms with Crippen molar-refractivity contribution in [3.05, 3.63) is 88.6 Å². The third-order valence-corrected chi connectivity index (χ3v) is 8.57. The second-order valence-corrected chi connectivity index (χ2v) is 10.8. The molecule has 39 heavy (non-hydrogen) atoms. The van der Waals surface area contributed by atoms with Gasteiger partial charge in [0.25, 0.3) is 0 Å². The highest BCUT2D eigenvalue weighted by Gasteiger charge is 2.65. The minimum atomic E-state index is -0.505. The normalized spacial score (nSPS) is 22.5. The van der Waals surface area contributed by atoms with E-state index < -0.39 is 5.41 Å². The highest BCUT2D eigenvalue weighted by atomic mass is 16.5. The molecule has 1 saturated carbocycles. The summed E-state index contributed by atoms with van der Waals surface area (Å²) in [6.45, 7) is 4.82. The Hall–Kier alpha value is -3.94. The number of carbonyl (C=O) groups is 1. The van der Waals surface area contributed by atoms with Crippen LogP contribution in [0.1, 0.15) is 40.3 Å². The molecule has 1 aromatic heterocycles. The third kappa shape index (κ3) is 4.32. The molecule has 2 atom stereocenters. The number of aromatic amines is 1. The minimum absolute atomic E-state index is 0.0798. The first-order valence-corrected chi connectivity index (χ1v) is 13.7. The van der Waals surface area contributed by atoms with Gasteiger partial charge in [0.15, 0.2) is 0 Å². The van der Waals surface area contributed by atoms with Crippen molar-refractivity contribution in [3.63, 3.8) is 0 Å². The van der Waals surface area contributed by atoms with Gasteiger partial charge in [-0.15, -0.1) is 0 Å². The van der Waals surface area contributed by atoms with Crippen LogP contribution in [0.3, 0.4) is 0 Å². The standard InChI is InChI=1S/C32H32N4O3/c1-38-24-8-11-29-26(19-24)32(31(37)33-29)20-27(32)23-7-9-25-28(34-35-30(25)18-23)10-6-21-2-4-22(5-3-21)12-13-36-14-16-39-17-15-36/h2-11,18-19,27H,12-17,20H2,1H3,(H,33,37)(H,34,35). The lowest BCUT2D eigenvalue weighted by atomic mass is 9.91. The first kappa shape index (κ1) is 24.1. The molecule has 2 fully saturated rings. The molecule has 198 valence electrons. The Kier molecular flexibility index (Phi) is 5.98. The minimum Gasteiger partial charge on any atom is -0.497 e. The Morgan fingerprint density at radius 2 is 1.92 bits per heavy atom. The van der Waals surface area contributed by atoms with Crippen LogP contribution in [0.4, 0.5) is 5.69 Å². The molecule has 1 amide bonds. The number of fused-ring (bicyclic) bond motifs is 3. The van der Waals surface area contributed by atoms with Gasteiger partial charge in [-0.3, -0.25) is 14.8 Å². The zero-order valence-electron chi connectivity index (χ0n) is 22.1. The van der Waals surface area contributed by atoms with Crippen molar-refractivity contribution in [2.45, 2.75) is 24.2 Å². The molecule has 1 spiro atoms. The number of aromatic nitrogens is 2. The van der Waals surface area contributed by atoms with Crippen LogP contribution in [0.2, 0.25) is 0 Å². The molecule has 1 saturated heterocycles. The number of methoxy groups -OCH3 is 1. The Morgan fingerprint density at radius 3 is 2.74 bits per heavy atom. The first-order valence-electron chi connectivity index (χ1n) is 13.7. The predicted molar refractivity (Wildman–Crippen MR) is 153 cm³/mol. The summed E-state index contributed by atoms with van der Waals surface area (Å²) in [7, 11) is 1.66. The highest BCUT2D eigenvalue weighted by Crippen LogP contribution is 2.65. The van der Waals surface area contributed by atoms with Crippen molar-refractivity contribution in [3.8, 4) is 5.75 Å². The van der Waals surface area contributed by atoms with Gasteiger partial charge in [-0.05, 0) is 65.4 Å². The van der Waals surface area contributed by atoms with Crippen molar-refractivity contribution in [2.75, 3.05) is 45.3 Å². The lowest BCUT2D eigenvalue weighted by Gasteiger charge is -2.26. The maximum absolute atomic E-state index is 13.0. The summed E-state index contributed by atoms with van der Waals surface area (Å²) < 4.78 is 10.9. The number of hydrogen-bond donors (Lipinski definition) is 2. The van der Waals surface area contributed by atoms with Crippen LogP contribution in [-0.2, 0) is 21.4 Å². The monoisotopic (exact) mass is 520 g/mol. The predicted octanol–water partition coefficient (Wildman–Crippen LogP) is 4.99. The van der Waals surface area contributed by atoms with Crippen LogP contribution in [0.15, 0.2) is 60.7 Å². The smallest absolute Gasteiger partial charge is 0.235 e.